The number of phenols is 1. The predicted molar refractivity (Wildman–Crippen MR) is 88.2 cm³/mol. The largest absolute Gasteiger partial charge is 0.508 e. The predicted octanol–water partition coefficient (Wildman–Crippen LogP) is 2.32. The highest BCUT2D eigenvalue weighted by atomic mass is 16.5. The Morgan fingerprint density at radius 1 is 1.09 bits per heavy atom. The Morgan fingerprint density at radius 3 is 2.70 bits per heavy atom. The van der Waals surface area contributed by atoms with Gasteiger partial charge in [-0.2, -0.15) is 0 Å². The van der Waals surface area contributed by atoms with Crippen molar-refractivity contribution in [2.75, 3.05) is 39.4 Å². The molecule has 0 unspecified atom stereocenters. The molecule has 0 radical (unpaired) electrons. The molecule has 0 bridgehead atoms. The highest BCUT2D eigenvalue weighted by molar-refractivity contribution is 5.27. The molecule has 5 heteroatoms. The third-order valence-corrected chi connectivity index (χ3v) is 4.11. The minimum Gasteiger partial charge on any atom is -0.508 e. The van der Waals surface area contributed by atoms with Crippen LogP contribution in [0.3, 0.4) is 0 Å². The zero-order valence-corrected chi connectivity index (χ0v) is 13.4. The molecule has 5 nitrogen and oxygen atoms in total. The summed E-state index contributed by atoms with van der Waals surface area (Å²) in [6.07, 6.45) is 1.71. The smallest absolute Gasteiger partial charge is 0.117 e. The van der Waals surface area contributed by atoms with Gasteiger partial charge >= 0.3 is 0 Å². The van der Waals surface area contributed by atoms with Crippen molar-refractivity contribution in [2.24, 2.45) is 0 Å². The standard InChI is InChI=1S/C18H24N2O3/c21-17-4-1-3-16(13-17)14-20(15-18-5-2-10-23-18)7-6-19-8-11-22-12-9-19/h1-5,10,13,21H,6-9,11-12,14-15H2. The lowest BCUT2D eigenvalue weighted by atomic mass is 10.2. The van der Waals surface area contributed by atoms with Gasteiger partial charge in [-0.15, -0.1) is 0 Å². The number of phenolic OH excluding ortho intramolecular Hbond substituents is 1. The van der Waals surface area contributed by atoms with E-state index in [1.165, 1.54) is 0 Å². The molecule has 1 N–H and O–H groups in total. The van der Waals surface area contributed by atoms with Gasteiger partial charge in [0.2, 0.25) is 0 Å². The number of benzene rings is 1. The number of hydrogen-bond donors (Lipinski definition) is 1. The average molecular weight is 316 g/mol. The van der Waals surface area contributed by atoms with Crippen LogP contribution in [-0.4, -0.2) is 54.3 Å². The lowest BCUT2D eigenvalue weighted by Crippen LogP contribution is -2.41. The fraction of sp³-hybridized carbons (Fsp3) is 0.444. The van der Waals surface area contributed by atoms with Crippen molar-refractivity contribution < 1.29 is 14.3 Å². The molecule has 1 aliphatic rings. The Hall–Kier alpha value is -1.82. The molecule has 0 saturated carbocycles. The van der Waals surface area contributed by atoms with E-state index in [1.54, 1.807) is 12.3 Å². The Bertz CT molecular complexity index is 580. The summed E-state index contributed by atoms with van der Waals surface area (Å²) in [6, 6.07) is 11.4. The van der Waals surface area contributed by atoms with E-state index in [-0.39, 0.29) is 0 Å². The normalized spacial score (nSPS) is 16.0. The van der Waals surface area contributed by atoms with Gasteiger partial charge in [0, 0.05) is 32.7 Å². The van der Waals surface area contributed by atoms with Crippen molar-refractivity contribution in [3.63, 3.8) is 0 Å². The second-order valence-corrected chi connectivity index (χ2v) is 5.91. The Balaban J connectivity index is 1.60. The van der Waals surface area contributed by atoms with E-state index >= 15 is 0 Å². The fourth-order valence-electron chi connectivity index (χ4n) is 2.86. The average Bonchev–Trinajstić information content (AvgIpc) is 3.07. The van der Waals surface area contributed by atoms with Gasteiger partial charge in [-0.1, -0.05) is 12.1 Å². The van der Waals surface area contributed by atoms with Gasteiger partial charge in [0.1, 0.15) is 11.5 Å². The first-order valence-electron chi connectivity index (χ1n) is 8.12. The van der Waals surface area contributed by atoms with E-state index in [4.69, 9.17) is 9.15 Å². The Kier molecular flexibility index (Phi) is 5.69. The maximum atomic E-state index is 9.66. The maximum Gasteiger partial charge on any atom is 0.117 e. The lowest BCUT2D eigenvalue weighted by molar-refractivity contribution is 0.0321. The van der Waals surface area contributed by atoms with Crippen LogP contribution >= 0.6 is 0 Å². The molecular formula is C18H24N2O3. The van der Waals surface area contributed by atoms with E-state index < -0.39 is 0 Å². The monoisotopic (exact) mass is 316 g/mol. The molecule has 124 valence electrons. The molecule has 0 aliphatic carbocycles. The third-order valence-electron chi connectivity index (χ3n) is 4.11. The number of ether oxygens (including phenoxy) is 1. The molecule has 1 saturated heterocycles. The summed E-state index contributed by atoms with van der Waals surface area (Å²) in [4.78, 5) is 4.78. The molecule has 2 aromatic rings. The van der Waals surface area contributed by atoms with Gasteiger partial charge in [-0.25, -0.2) is 0 Å². The quantitative estimate of drug-likeness (QED) is 0.849. The van der Waals surface area contributed by atoms with Crippen LogP contribution in [0, 0.1) is 0 Å². The van der Waals surface area contributed by atoms with Gasteiger partial charge in [0.15, 0.2) is 0 Å². The molecule has 1 fully saturated rings. The maximum absolute atomic E-state index is 9.66. The van der Waals surface area contributed by atoms with E-state index in [2.05, 4.69) is 9.80 Å². The van der Waals surface area contributed by atoms with Crippen LogP contribution in [0.4, 0.5) is 0 Å². The minimum absolute atomic E-state index is 0.314. The number of hydrogen-bond acceptors (Lipinski definition) is 5. The zero-order valence-electron chi connectivity index (χ0n) is 13.4. The van der Waals surface area contributed by atoms with E-state index in [9.17, 15) is 5.11 Å². The molecule has 2 heterocycles. The molecule has 3 rings (SSSR count). The van der Waals surface area contributed by atoms with Gasteiger partial charge < -0.3 is 14.3 Å². The number of morpholine rings is 1. The summed E-state index contributed by atoms with van der Waals surface area (Å²) < 4.78 is 10.9. The minimum atomic E-state index is 0.314. The summed E-state index contributed by atoms with van der Waals surface area (Å²) in [7, 11) is 0. The third kappa shape index (κ3) is 5.10. The summed E-state index contributed by atoms with van der Waals surface area (Å²) in [5, 5.41) is 9.66. The zero-order chi connectivity index (χ0) is 15.9. The van der Waals surface area contributed by atoms with E-state index in [0.29, 0.717) is 5.75 Å². The van der Waals surface area contributed by atoms with Crippen molar-refractivity contribution in [1.29, 1.82) is 0 Å². The van der Waals surface area contributed by atoms with Crippen LogP contribution in [0.1, 0.15) is 11.3 Å². The summed E-state index contributed by atoms with van der Waals surface area (Å²) in [5.41, 5.74) is 1.11. The van der Waals surface area contributed by atoms with E-state index in [1.807, 2.05) is 30.3 Å². The second-order valence-electron chi connectivity index (χ2n) is 5.91. The summed E-state index contributed by atoms with van der Waals surface area (Å²) >= 11 is 0. The highest BCUT2D eigenvalue weighted by Crippen LogP contribution is 2.15. The van der Waals surface area contributed by atoms with Gasteiger partial charge in [-0.3, -0.25) is 9.80 Å². The summed E-state index contributed by atoms with van der Waals surface area (Å²) in [6.45, 7) is 7.18. The van der Waals surface area contributed by atoms with Crippen LogP contribution < -0.4 is 0 Å². The molecule has 1 aromatic heterocycles. The highest BCUT2D eigenvalue weighted by Gasteiger charge is 2.14. The molecule has 1 aromatic carbocycles. The molecule has 1 aliphatic heterocycles. The van der Waals surface area contributed by atoms with Crippen molar-refractivity contribution in [1.82, 2.24) is 9.80 Å². The Labute approximate surface area is 137 Å². The van der Waals surface area contributed by atoms with E-state index in [0.717, 1.165) is 63.8 Å². The van der Waals surface area contributed by atoms with Gasteiger partial charge in [-0.05, 0) is 29.8 Å². The first-order chi connectivity index (χ1) is 11.3. The molecule has 23 heavy (non-hydrogen) atoms. The Morgan fingerprint density at radius 2 is 1.96 bits per heavy atom. The van der Waals surface area contributed by atoms with Crippen molar-refractivity contribution in [2.45, 2.75) is 13.1 Å². The SMILES string of the molecule is Oc1cccc(CN(CCN2CCOCC2)Cc2ccco2)c1. The second kappa shape index (κ2) is 8.15. The van der Waals surface area contributed by atoms with Gasteiger partial charge in [0.05, 0.1) is 26.0 Å². The van der Waals surface area contributed by atoms with Crippen LogP contribution in [-0.2, 0) is 17.8 Å². The fourth-order valence-corrected chi connectivity index (χ4v) is 2.86. The number of rotatable bonds is 7. The van der Waals surface area contributed by atoms with Gasteiger partial charge in [0.25, 0.3) is 0 Å². The van der Waals surface area contributed by atoms with Crippen LogP contribution in [0.2, 0.25) is 0 Å². The summed E-state index contributed by atoms with van der Waals surface area (Å²) in [5.74, 6) is 1.28. The van der Waals surface area contributed by atoms with Crippen molar-refractivity contribution in [3.8, 4) is 5.75 Å². The lowest BCUT2D eigenvalue weighted by Gasteiger charge is -2.29. The van der Waals surface area contributed by atoms with Crippen LogP contribution in [0.25, 0.3) is 0 Å². The van der Waals surface area contributed by atoms with Crippen LogP contribution in [0.15, 0.2) is 47.1 Å². The number of aromatic hydroxyl groups is 1. The molecular weight excluding hydrogens is 292 g/mol. The topological polar surface area (TPSA) is 49.1 Å². The first-order valence-corrected chi connectivity index (χ1v) is 8.12. The first kappa shape index (κ1) is 16.1. The molecule has 0 spiro atoms. The molecule has 0 amide bonds. The van der Waals surface area contributed by atoms with Crippen molar-refractivity contribution >= 4 is 0 Å². The molecule has 0 atom stereocenters. The van der Waals surface area contributed by atoms with Crippen LogP contribution in [0.5, 0.6) is 5.75 Å². The number of nitrogens with zero attached hydrogens (tertiary/aromatic N) is 2. The van der Waals surface area contributed by atoms with Crippen molar-refractivity contribution in [3.05, 3.63) is 54.0 Å². The number of furan rings is 1.